The zero-order valence-electron chi connectivity index (χ0n) is 8.61. The van der Waals surface area contributed by atoms with Crippen molar-refractivity contribution in [3.8, 4) is 0 Å². The summed E-state index contributed by atoms with van der Waals surface area (Å²) in [6.07, 6.45) is 0. The molecule has 2 rings (SSSR count). The molecule has 84 valence electrons. The molecule has 0 bridgehead atoms. The van der Waals surface area contributed by atoms with Crippen LogP contribution in [0.2, 0.25) is 5.02 Å². The molecular weight excluding hydrogens is 291 g/mol. The van der Waals surface area contributed by atoms with Gasteiger partial charge in [0.2, 0.25) is 0 Å². The lowest BCUT2D eigenvalue weighted by molar-refractivity contribution is 0.633. The lowest BCUT2D eigenvalue weighted by Gasteiger charge is -2.06. The van der Waals surface area contributed by atoms with Crippen LogP contribution in [0.15, 0.2) is 22.7 Å². The second kappa shape index (κ2) is 4.43. The van der Waals surface area contributed by atoms with E-state index in [0.29, 0.717) is 17.4 Å². The summed E-state index contributed by atoms with van der Waals surface area (Å²) >= 11 is 9.48. The maximum absolute atomic E-state index is 6.12. The van der Waals surface area contributed by atoms with Crippen LogP contribution in [0, 0.1) is 6.92 Å². The van der Waals surface area contributed by atoms with Crippen molar-refractivity contribution in [2.24, 2.45) is 0 Å². The van der Waals surface area contributed by atoms with E-state index in [1.54, 1.807) is 4.68 Å². The Labute approximate surface area is 107 Å². The smallest absolute Gasteiger partial charge is 0.168 e. The molecule has 0 aliphatic carbocycles. The fourth-order valence-corrected chi connectivity index (χ4v) is 2.07. The third-order valence-electron chi connectivity index (χ3n) is 2.35. The number of aromatic nitrogens is 3. The normalized spacial score (nSPS) is 10.7. The molecule has 1 heterocycles. The van der Waals surface area contributed by atoms with Gasteiger partial charge in [-0.1, -0.05) is 38.8 Å². The molecular formula is C10H10BrClN4. The van der Waals surface area contributed by atoms with Crippen molar-refractivity contribution in [3.63, 3.8) is 0 Å². The molecule has 2 N–H and O–H groups in total. The van der Waals surface area contributed by atoms with Crippen LogP contribution < -0.4 is 5.73 Å². The van der Waals surface area contributed by atoms with Gasteiger partial charge in [-0.15, -0.1) is 5.10 Å². The molecule has 2 aromatic rings. The topological polar surface area (TPSA) is 56.7 Å². The van der Waals surface area contributed by atoms with Crippen molar-refractivity contribution in [2.75, 3.05) is 5.73 Å². The Hall–Kier alpha value is -1.07. The average molecular weight is 302 g/mol. The first-order valence-corrected chi connectivity index (χ1v) is 5.84. The number of anilines is 1. The summed E-state index contributed by atoms with van der Waals surface area (Å²) in [5, 5.41) is 8.44. The minimum Gasteiger partial charge on any atom is -0.381 e. The van der Waals surface area contributed by atoms with Gasteiger partial charge in [-0.3, -0.25) is 0 Å². The van der Waals surface area contributed by atoms with Crippen molar-refractivity contribution in [3.05, 3.63) is 39.0 Å². The van der Waals surface area contributed by atoms with Crippen LogP contribution in [0.4, 0.5) is 5.82 Å². The number of nitrogens with two attached hydrogens (primary N) is 1. The fraction of sp³-hybridized carbons (Fsp3) is 0.200. The number of halogens is 2. The summed E-state index contributed by atoms with van der Waals surface area (Å²) in [7, 11) is 0. The van der Waals surface area contributed by atoms with E-state index in [0.717, 1.165) is 15.7 Å². The molecule has 0 aliphatic rings. The summed E-state index contributed by atoms with van der Waals surface area (Å²) in [6.45, 7) is 2.45. The third kappa shape index (κ3) is 2.20. The van der Waals surface area contributed by atoms with Gasteiger partial charge in [-0.05, 0) is 24.6 Å². The first-order chi connectivity index (χ1) is 7.58. The fourth-order valence-electron chi connectivity index (χ4n) is 1.34. The zero-order valence-corrected chi connectivity index (χ0v) is 11.0. The van der Waals surface area contributed by atoms with Gasteiger partial charge < -0.3 is 5.73 Å². The Morgan fingerprint density at radius 2 is 2.25 bits per heavy atom. The Bertz CT molecular complexity index is 524. The van der Waals surface area contributed by atoms with Crippen LogP contribution >= 0.6 is 27.5 Å². The van der Waals surface area contributed by atoms with Crippen molar-refractivity contribution in [1.82, 2.24) is 15.0 Å². The molecule has 4 nitrogen and oxygen atoms in total. The predicted octanol–water partition coefficient (Wildman–Crippen LogP) is 2.63. The van der Waals surface area contributed by atoms with Gasteiger partial charge in [0.1, 0.15) is 0 Å². The van der Waals surface area contributed by atoms with Crippen molar-refractivity contribution >= 4 is 33.3 Å². The minimum absolute atomic E-state index is 0.452. The standard InChI is InChI=1S/C10H10BrClN4/c1-6-10(13)14-15-16(6)5-7-2-3-8(11)4-9(7)12/h2-4H,5,13H2,1H3. The molecule has 0 radical (unpaired) electrons. The molecule has 1 aromatic heterocycles. The molecule has 6 heteroatoms. The number of hydrogen-bond acceptors (Lipinski definition) is 3. The van der Waals surface area contributed by atoms with E-state index < -0.39 is 0 Å². The van der Waals surface area contributed by atoms with Gasteiger partial charge in [-0.2, -0.15) is 0 Å². The second-order valence-electron chi connectivity index (χ2n) is 3.45. The molecule has 1 aromatic carbocycles. The molecule has 0 aliphatic heterocycles. The average Bonchev–Trinajstić information content (AvgIpc) is 2.54. The maximum Gasteiger partial charge on any atom is 0.168 e. The second-order valence-corrected chi connectivity index (χ2v) is 4.78. The van der Waals surface area contributed by atoms with Crippen LogP contribution in [0.1, 0.15) is 11.3 Å². The van der Waals surface area contributed by atoms with Gasteiger partial charge in [0.25, 0.3) is 0 Å². The summed E-state index contributed by atoms with van der Waals surface area (Å²) in [5.41, 5.74) is 7.45. The lowest BCUT2D eigenvalue weighted by atomic mass is 10.2. The Morgan fingerprint density at radius 3 is 2.81 bits per heavy atom. The predicted molar refractivity (Wildman–Crippen MR) is 67.4 cm³/mol. The Kier molecular flexibility index (Phi) is 3.16. The quantitative estimate of drug-likeness (QED) is 0.927. The molecule has 0 saturated carbocycles. The molecule has 0 atom stereocenters. The maximum atomic E-state index is 6.12. The summed E-state index contributed by atoms with van der Waals surface area (Å²) in [5.74, 6) is 0.452. The highest BCUT2D eigenvalue weighted by Crippen LogP contribution is 2.22. The molecule has 16 heavy (non-hydrogen) atoms. The van der Waals surface area contributed by atoms with E-state index in [4.69, 9.17) is 17.3 Å². The van der Waals surface area contributed by atoms with Crippen LogP contribution in [0.5, 0.6) is 0 Å². The summed E-state index contributed by atoms with van der Waals surface area (Å²) in [4.78, 5) is 0. The van der Waals surface area contributed by atoms with Gasteiger partial charge in [0.05, 0.1) is 12.2 Å². The summed E-state index contributed by atoms with van der Waals surface area (Å²) in [6, 6.07) is 5.74. The molecule has 0 amide bonds. The highest BCUT2D eigenvalue weighted by Gasteiger charge is 2.07. The Balaban J connectivity index is 2.30. The van der Waals surface area contributed by atoms with Crippen LogP contribution in [-0.4, -0.2) is 15.0 Å². The van der Waals surface area contributed by atoms with Crippen molar-refractivity contribution in [1.29, 1.82) is 0 Å². The van der Waals surface area contributed by atoms with Crippen molar-refractivity contribution in [2.45, 2.75) is 13.5 Å². The first-order valence-electron chi connectivity index (χ1n) is 4.67. The molecule has 0 spiro atoms. The third-order valence-corrected chi connectivity index (χ3v) is 3.20. The minimum atomic E-state index is 0.452. The SMILES string of the molecule is Cc1c(N)nnn1Cc1ccc(Br)cc1Cl. The number of rotatable bonds is 2. The van der Waals surface area contributed by atoms with Crippen LogP contribution in [-0.2, 0) is 6.54 Å². The number of hydrogen-bond donors (Lipinski definition) is 1. The van der Waals surface area contributed by atoms with E-state index in [1.807, 2.05) is 25.1 Å². The highest BCUT2D eigenvalue weighted by atomic mass is 79.9. The number of nitrogen functional groups attached to an aromatic ring is 1. The van der Waals surface area contributed by atoms with Gasteiger partial charge in [0.15, 0.2) is 5.82 Å². The largest absolute Gasteiger partial charge is 0.381 e. The van der Waals surface area contributed by atoms with Gasteiger partial charge >= 0.3 is 0 Å². The van der Waals surface area contributed by atoms with Crippen LogP contribution in [0.3, 0.4) is 0 Å². The monoisotopic (exact) mass is 300 g/mol. The van der Waals surface area contributed by atoms with E-state index in [2.05, 4.69) is 26.2 Å². The zero-order chi connectivity index (χ0) is 11.7. The van der Waals surface area contributed by atoms with E-state index >= 15 is 0 Å². The highest BCUT2D eigenvalue weighted by molar-refractivity contribution is 9.10. The summed E-state index contributed by atoms with van der Waals surface area (Å²) < 4.78 is 2.68. The Morgan fingerprint density at radius 1 is 1.50 bits per heavy atom. The molecule has 0 unspecified atom stereocenters. The van der Waals surface area contributed by atoms with E-state index in [-0.39, 0.29) is 0 Å². The first kappa shape index (κ1) is 11.4. The van der Waals surface area contributed by atoms with E-state index in [1.165, 1.54) is 0 Å². The molecule has 0 fully saturated rings. The lowest BCUT2D eigenvalue weighted by Crippen LogP contribution is -2.04. The molecule has 0 saturated heterocycles. The number of nitrogens with zero attached hydrogens (tertiary/aromatic N) is 3. The van der Waals surface area contributed by atoms with Gasteiger partial charge in [-0.25, -0.2) is 4.68 Å². The number of benzene rings is 1. The van der Waals surface area contributed by atoms with E-state index in [9.17, 15) is 0 Å². The van der Waals surface area contributed by atoms with Crippen molar-refractivity contribution < 1.29 is 0 Å². The van der Waals surface area contributed by atoms with Crippen LogP contribution in [0.25, 0.3) is 0 Å². The van der Waals surface area contributed by atoms with Gasteiger partial charge in [0, 0.05) is 9.50 Å².